The smallest absolute Gasteiger partial charge is 0.253 e. The zero-order chi connectivity index (χ0) is 23.1. The number of hydrogen-bond donors (Lipinski definition) is 2. The van der Waals surface area contributed by atoms with Gasteiger partial charge in [0.15, 0.2) is 11.5 Å². The number of H-pyrrole nitrogens is 1. The van der Waals surface area contributed by atoms with E-state index in [1.807, 2.05) is 30.3 Å². The number of fused-ring (bicyclic) bond motifs is 3. The van der Waals surface area contributed by atoms with E-state index >= 15 is 0 Å². The van der Waals surface area contributed by atoms with E-state index in [1.54, 1.807) is 0 Å². The molecule has 1 aliphatic rings. The first kappa shape index (κ1) is 20.4. The Bertz CT molecular complexity index is 1570. The quantitative estimate of drug-likeness (QED) is 0.395. The number of benzene rings is 3. The van der Waals surface area contributed by atoms with Gasteiger partial charge in [-0.15, -0.1) is 0 Å². The van der Waals surface area contributed by atoms with Crippen LogP contribution in [-0.4, -0.2) is 21.3 Å². The van der Waals surface area contributed by atoms with Crippen LogP contribution in [-0.2, 0) is 26.4 Å². The highest BCUT2D eigenvalue weighted by Crippen LogP contribution is 2.35. The van der Waals surface area contributed by atoms with E-state index in [0.717, 1.165) is 46.3 Å². The minimum absolute atomic E-state index is 0.113. The maximum absolute atomic E-state index is 12.5. The number of nitrogens with one attached hydrogen (secondary N) is 2. The molecular weight excluding hydrogens is 428 g/mol. The van der Waals surface area contributed by atoms with Gasteiger partial charge in [-0.25, -0.2) is 4.98 Å². The Hall–Kier alpha value is -4.26. The minimum Gasteiger partial charge on any atom is -0.454 e. The third-order valence-electron chi connectivity index (χ3n) is 6.37. The summed E-state index contributed by atoms with van der Waals surface area (Å²) in [6, 6.07) is 22.2. The summed E-state index contributed by atoms with van der Waals surface area (Å²) in [7, 11) is 2.07. The molecule has 34 heavy (non-hydrogen) atoms. The Morgan fingerprint density at radius 2 is 1.79 bits per heavy atom. The summed E-state index contributed by atoms with van der Waals surface area (Å²) >= 11 is 0. The number of aryl methyl sites for hydroxylation is 3. The maximum Gasteiger partial charge on any atom is 0.253 e. The molecule has 0 spiro atoms. The summed E-state index contributed by atoms with van der Waals surface area (Å²) < 4.78 is 13.0. The van der Waals surface area contributed by atoms with E-state index in [9.17, 15) is 4.79 Å². The van der Waals surface area contributed by atoms with E-state index in [2.05, 4.69) is 58.3 Å². The van der Waals surface area contributed by atoms with Crippen LogP contribution in [0.25, 0.3) is 21.9 Å². The molecule has 0 aliphatic carbocycles. The molecule has 0 amide bonds. The van der Waals surface area contributed by atoms with E-state index in [-0.39, 0.29) is 12.4 Å². The fourth-order valence-corrected chi connectivity index (χ4v) is 4.43. The van der Waals surface area contributed by atoms with E-state index in [1.165, 1.54) is 5.56 Å². The number of anilines is 1. The van der Waals surface area contributed by atoms with Gasteiger partial charge in [-0.2, -0.15) is 0 Å². The normalized spacial score (nSPS) is 12.5. The molecule has 5 aromatic rings. The zero-order valence-corrected chi connectivity index (χ0v) is 18.8. The van der Waals surface area contributed by atoms with Crippen molar-refractivity contribution in [1.29, 1.82) is 0 Å². The maximum atomic E-state index is 12.5. The van der Waals surface area contributed by atoms with Crippen LogP contribution in [0.15, 0.2) is 71.5 Å². The summed E-state index contributed by atoms with van der Waals surface area (Å²) in [4.78, 5) is 20.2. The first-order valence-corrected chi connectivity index (χ1v) is 11.3. The predicted octanol–water partition coefficient (Wildman–Crippen LogP) is 4.54. The summed E-state index contributed by atoms with van der Waals surface area (Å²) in [5, 5.41) is 4.27. The van der Waals surface area contributed by atoms with Crippen molar-refractivity contribution in [2.75, 3.05) is 12.1 Å². The van der Waals surface area contributed by atoms with Crippen LogP contribution < -0.4 is 20.3 Å². The highest BCUT2D eigenvalue weighted by atomic mass is 16.7. The third kappa shape index (κ3) is 3.75. The topological polar surface area (TPSA) is 81.2 Å². The van der Waals surface area contributed by atoms with Crippen molar-refractivity contribution < 1.29 is 9.47 Å². The van der Waals surface area contributed by atoms with Gasteiger partial charge >= 0.3 is 0 Å². The van der Waals surface area contributed by atoms with Crippen molar-refractivity contribution in [3.05, 3.63) is 94.0 Å². The molecule has 170 valence electrons. The molecule has 7 nitrogen and oxygen atoms in total. The molecule has 3 aromatic carbocycles. The van der Waals surface area contributed by atoms with Gasteiger partial charge in [0.05, 0.1) is 16.6 Å². The number of rotatable bonds is 6. The number of aromatic amines is 1. The number of para-hydroxylation sites is 2. The lowest BCUT2D eigenvalue weighted by Crippen LogP contribution is -2.15. The Morgan fingerprint density at radius 3 is 2.62 bits per heavy atom. The average Bonchev–Trinajstić information content (AvgIpc) is 3.44. The predicted molar refractivity (Wildman–Crippen MR) is 133 cm³/mol. The van der Waals surface area contributed by atoms with Gasteiger partial charge in [0.25, 0.3) is 5.56 Å². The Balaban J connectivity index is 1.12. The SMILES string of the molecule is Cn1c(CCc2ccc(NCc3cc4cc5c(cc4[nH]c3=O)OCO5)cc2)nc2ccccc21. The molecule has 1 aliphatic heterocycles. The number of nitrogens with zero attached hydrogens (tertiary/aromatic N) is 2. The summed E-state index contributed by atoms with van der Waals surface area (Å²) in [5.41, 5.74) is 5.70. The van der Waals surface area contributed by atoms with Crippen LogP contribution in [0.3, 0.4) is 0 Å². The molecule has 0 fully saturated rings. The van der Waals surface area contributed by atoms with Crippen LogP contribution in [0, 0.1) is 0 Å². The largest absolute Gasteiger partial charge is 0.454 e. The van der Waals surface area contributed by atoms with Gasteiger partial charge in [-0.05, 0) is 48.4 Å². The Labute approximate surface area is 196 Å². The third-order valence-corrected chi connectivity index (χ3v) is 6.37. The summed E-state index contributed by atoms with van der Waals surface area (Å²) in [5.74, 6) is 2.44. The van der Waals surface area contributed by atoms with Gasteiger partial charge in [0, 0.05) is 42.7 Å². The molecule has 0 saturated heterocycles. The fraction of sp³-hybridized carbons (Fsp3) is 0.185. The molecule has 7 heteroatoms. The fourth-order valence-electron chi connectivity index (χ4n) is 4.43. The van der Waals surface area contributed by atoms with Crippen LogP contribution in [0.2, 0.25) is 0 Å². The standard InChI is InChI=1S/C27H24N4O3/c1-31-23-5-3-2-4-21(23)29-26(31)11-8-17-6-9-20(10-7-17)28-15-19-12-18-13-24-25(34-16-33-24)14-22(18)30-27(19)32/h2-7,9-10,12-14,28H,8,11,15-16H2,1H3,(H,30,32). The highest BCUT2D eigenvalue weighted by Gasteiger charge is 2.15. The Kier molecular flexibility index (Phi) is 4.95. The molecule has 6 rings (SSSR count). The number of ether oxygens (including phenoxy) is 2. The van der Waals surface area contributed by atoms with Crippen LogP contribution in [0.4, 0.5) is 5.69 Å². The van der Waals surface area contributed by atoms with Gasteiger partial charge in [-0.1, -0.05) is 24.3 Å². The van der Waals surface area contributed by atoms with E-state index in [4.69, 9.17) is 14.5 Å². The second kappa shape index (κ2) is 8.26. The van der Waals surface area contributed by atoms with Crippen LogP contribution >= 0.6 is 0 Å². The van der Waals surface area contributed by atoms with Crippen LogP contribution in [0.1, 0.15) is 17.0 Å². The van der Waals surface area contributed by atoms with Crippen molar-refractivity contribution in [3.8, 4) is 11.5 Å². The Morgan fingerprint density at radius 1 is 1.00 bits per heavy atom. The lowest BCUT2D eigenvalue weighted by molar-refractivity contribution is 0.174. The lowest BCUT2D eigenvalue weighted by Gasteiger charge is -2.09. The summed E-state index contributed by atoms with van der Waals surface area (Å²) in [6.45, 7) is 0.637. The number of imidazole rings is 1. The van der Waals surface area contributed by atoms with Gasteiger partial charge in [-0.3, -0.25) is 4.79 Å². The van der Waals surface area contributed by atoms with Gasteiger partial charge < -0.3 is 24.3 Å². The molecule has 0 radical (unpaired) electrons. The van der Waals surface area contributed by atoms with Crippen molar-refractivity contribution in [3.63, 3.8) is 0 Å². The number of hydrogen-bond acceptors (Lipinski definition) is 5. The molecule has 0 unspecified atom stereocenters. The molecule has 0 saturated carbocycles. The van der Waals surface area contributed by atoms with Crippen molar-refractivity contribution in [2.24, 2.45) is 7.05 Å². The zero-order valence-electron chi connectivity index (χ0n) is 18.8. The van der Waals surface area contributed by atoms with Crippen molar-refractivity contribution in [2.45, 2.75) is 19.4 Å². The molecule has 0 bridgehead atoms. The van der Waals surface area contributed by atoms with E-state index < -0.39 is 0 Å². The van der Waals surface area contributed by atoms with Gasteiger partial charge in [0.1, 0.15) is 5.82 Å². The average molecular weight is 453 g/mol. The van der Waals surface area contributed by atoms with Crippen molar-refractivity contribution in [1.82, 2.24) is 14.5 Å². The second-order valence-corrected chi connectivity index (χ2v) is 8.54. The lowest BCUT2D eigenvalue weighted by atomic mass is 10.1. The van der Waals surface area contributed by atoms with E-state index in [0.29, 0.717) is 23.6 Å². The number of aromatic nitrogens is 3. The van der Waals surface area contributed by atoms with Crippen LogP contribution in [0.5, 0.6) is 11.5 Å². The monoisotopic (exact) mass is 452 g/mol. The van der Waals surface area contributed by atoms with Gasteiger partial charge in [0.2, 0.25) is 6.79 Å². The second-order valence-electron chi connectivity index (χ2n) is 8.54. The molecule has 2 aromatic heterocycles. The summed E-state index contributed by atoms with van der Waals surface area (Å²) in [6.07, 6.45) is 1.79. The number of pyridine rings is 1. The molecular formula is C27H24N4O3. The first-order valence-electron chi connectivity index (χ1n) is 11.3. The molecule has 0 atom stereocenters. The molecule has 3 heterocycles. The molecule has 2 N–H and O–H groups in total. The first-order chi connectivity index (χ1) is 16.6. The highest BCUT2D eigenvalue weighted by molar-refractivity contribution is 5.83. The van der Waals surface area contributed by atoms with Crippen molar-refractivity contribution >= 4 is 27.6 Å². The minimum atomic E-state index is -0.113.